The van der Waals surface area contributed by atoms with Crippen LogP contribution in [-0.2, 0) is 7.05 Å². The quantitative estimate of drug-likeness (QED) is 0.313. The molecule has 3 aromatic heterocycles. The maximum absolute atomic E-state index is 6.59. The van der Waals surface area contributed by atoms with E-state index in [4.69, 9.17) is 25.7 Å². The van der Waals surface area contributed by atoms with Crippen molar-refractivity contribution in [3.05, 3.63) is 40.5 Å². The molecule has 4 rings (SSSR count). The molecular weight excluding hydrogens is 598 g/mol. The summed E-state index contributed by atoms with van der Waals surface area (Å²) in [5, 5.41) is 10.7. The van der Waals surface area contributed by atoms with E-state index >= 15 is 0 Å². The number of aromatic nitrogens is 5. The van der Waals surface area contributed by atoms with Crippen LogP contribution >= 0.6 is 28.4 Å². The van der Waals surface area contributed by atoms with Gasteiger partial charge in [0.1, 0.15) is 6.10 Å². The van der Waals surface area contributed by atoms with Gasteiger partial charge in [0.05, 0.1) is 45.9 Å². The number of aliphatic imine (C=N–C) groups is 1. The average Bonchev–Trinajstić information content (AvgIpc) is 3.32. The lowest BCUT2D eigenvalue weighted by molar-refractivity contribution is 0.129. The van der Waals surface area contributed by atoms with Gasteiger partial charge in [0.15, 0.2) is 0 Å². The van der Waals surface area contributed by atoms with Gasteiger partial charge in [0.25, 0.3) is 0 Å². The number of hydrogen-bond acceptors (Lipinski definition) is 7. The van der Waals surface area contributed by atoms with E-state index in [9.17, 15) is 0 Å². The molecule has 0 spiro atoms. The Morgan fingerprint density at radius 1 is 1.24 bits per heavy atom. The summed E-state index contributed by atoms with van der Waals surface area (Å²) in [5.41, 5.74) is 14.4. The van der Waals surface area contributed by atoms with Gasteiger partial charge in [-0.05, 0) is 81.8 Å². The van der Waals surface area contributed by atoms with Crippen LogP contribution in [0.25, 0.3) is 28.2 Å². The van der Waals surface area contributed by atoms with E-state index in [2.05, 4.69) is 58.8 Å². The number of rotatable bonds is 2. The van der Waals surface area contributed by atoms with E-state index in [0.29, 0.717) is 12.9 Å². The number of hydrogen-bond donors (Lipinski definition) is 1. The number of nitrogens with two attached hydrogens (primary N) is 1. The molecule has 2 atom stereocenters. The second kappa shape index (κ2) is 11.2. The molecule has 0 saturated heterocycles. The molecule has 1 aliphatic rings. The van der Waals surface area contributed by atoms with Crippen LogP contribution in [0.4, 0.5) is 0 Å². The molecule has 0 fully saturated rings. The van der Waals surface area contributed by atoms with Gasteiger partial charge in [-0.25, -0.2) is 9.13 Å². The summed E-state index contributed by atoms with van der Waals surface area (Å²) in [7, 11) is 3.75. The third-order valence-electron chi connectivity index (χ3n) is 6.67. The lowest BCUT2D eigenvalue weighted by Crippen LogP contribution is -2.42. The second-order valence-corrected chi connectivity index (χ2v) is 11.9. The number of aryl methyl sites for hydroxylation is 3. The lowest BCUT2D eigenvalue weighted by atomic mass is 10.0. The van der Waals surface area contributed by atoms with Crippen LogP contribution in [-0.4, -0.2) is 67.2 Å². The van der Waals surface area contributed by atoms with Gasteiger partial charge >= 0.3 is 0 Å². The monoisotopic (exact) mass is 634 g/mol. The van der Waals surface area contributed by atoms with Crippen molar-refractivity contribution in [1.29, 1.82) is 0 Å². The first-order valence-electron chi connectivity index (χ1n) is 12.4. The highest BCUT2D eigenvalue weighted by molar-refractivity contribution is 14.2. The average molecular weight is 635 g/mol. The van der Waals surface area contributed by atoms with Crippen molar-refractivity contribution < 1.29 is 4.74 Å². The topological polar surface area (TPSA) is 99.4 Å². The number of halogens is 1. The molecule has 4 heterocycles. The van der Waals surface area contributed by atoms with E-state index in [1.807, 2.05) is 56.2 Å². The Hall–Kier alpha value is -2.30. The van der Waals surface area contributed by atoms with Gasteiger partial charge in [-0.1, -0.05) is 0 Å². The van der Waals surface area contributed by atoms with Crippen LogP contribution in [0.2, 0.25) is 0 Å². The Morgan fingerprint density at radius 3 is 2.59 bits per heavy atom. The third-order valence-corrected chi connectivity index (χ3v) is 8.52. The molecule has 2 N–H and O–H groups in total. The van der Waals surface area contributed by atoms with Crippen molar-refractivity contribution in [2.45, 2.75) is 53.7 Å². The zero-order valence-electron chi connectivity index (χ0n) is 22.8. The maximum atomic E-state index is 6.59. The summed E-state index contributed by atoms with van der Waals surface area (Å²) >= 11 is 2.36. The Kier molecular flexibility index (Phi) is 8.40. The van der Waals surface area contributed by atoms with Crippen LogP contribution in [0.1, 0.15) is 44.8 Å². The molecule has 198 valence electrons. The first-order valence-corrected chi connectivity index (χ1v) is 16.4. The van der Waals surface area contributed by atoms with E-state index < -0.39 is 0 Å². The van der Waals surface area contributed by atoms with E-state index in [1.54, 1.807) is 0 Å². The molecule has 0 amide bonds. The summed E-state index contributed by atoms with van der Waals surface area (Å²) in [6, 6.07) is 2.39. The molecule has 1 aliphatic heterocycles. The number of pyridine rings is 1. The summed E-state index contributed by atoms with van der Waals surface area (Å²) in [4.78, 5) is 12.0. The predicted molar refractivity (Wildman–Crippen MR) is 163 cm³/mol. The van der Waals surface area contributed by atoms with Crippen LogP contribution in [0.15, 0.2) is 28.4 Å². The third kappa shape index (κ3) is 5.47. The largest absolute Gasteiger partial charge is 0.473 e. The summed E-state index contributed by atoms with van der Waals surface area (Å²) in [6.45, 7) is 13.8. The SMILES string of the molecule is CN=C1CN(C(C)C)CC(C)Oc2c(c(C)nn2C)-c2cc3c(nn(PI)c3c(C)n2)/C=C/C1=C(\C)N. The fourth-order valence-electron chi connectivity index (χ4n) is 4.82. The fourth-order valence-corrected chi connectivity index (χ4v) is 6.38. The van der Waals surface area contributed by atoms with Crippen LogP contribution < -0.4 is 10.5 Å². The Balaban J connectivity index is 2.02. The number of fused-ring (bicyclic) bond motifs is 3. The standard InChI is InChI=1S/C26H36IN8OP/c1-14(2)34-12-15(3)36-26-24(17(5)31-33(26)8)22-11-20-21(32-35(37-27)25(20)18(6)30-22)10-9-19(16(4)28)23(13-34)29-7/h9-11,14-15,37H,12-13,28H2,1-8H3/b10-9+,19-16-,29-23?. The fraction of sp³-hybridized carbons (Fsp3) is 0.462. The van der Waals surface area contributed by atoms with Gasteiger partial charge in [0.2, 0.25) is 5.88 Å². The van der Waals surface area contributed by atoms with Gasteiger partial charge in [-0.3, -0.25) is 14.9 Å². The molecule has 11 heteroatoms. The number of nitrogens with zero attached hydrogens (tertiary/aromatic N) is 7. The summed E-state index contributed by atoms with van der Waals surface area (Å²) in [5.74, 6) is 0.720. The lowest BCUT2D eigenvalue weighted by Gasteiger charge is -2.30. The van der Waals surface area contributed by atoms with Gasteiger partial charge in [-0.15, -0.1) is 0 Å². The van der Waals surface area contributed by atoms with Crippen molar-refractivity contribution in [1.82, 2.24) is 29.2 Å². The van der Waals surface area contributed by atoms with Crippen LogP contribution in [0.3, 0.4) is 0 Å². The molecule has 0 saturated carbocycles. The molecule has 9 nitrogen and oxygen atoms in total. The zero-order chi connectivity index (χ0) is 27.0. The smallest absolute Gasteiger partial charge is 0.221 e. The second-order valence-electron chi connectivity index (χ2n) is 9.81. The summed E-state index contributed by atoms with van der Waals surface area (Å²) in [6.07, 6.45) is 4.45. The van der Waals surface area contributed by atoms with Crippen molar-refractivity contribution in [3.63, 3.8) is 0 Å². The van der Waals surface area contributed by atoms with Gasteiger partial charge in [0, 0.05) is 49.9 Å². The van der Waals surface area contributed by atoms with Gasteiger partial charge < -0.3 is 10.5 Å². The molecule has 0 aromatic carbocycles. The first kappa shape index (κ1) is 27.7. The van der Waals surface area contributed by atoms with Crippen molar-refractivity contribution in [3.8, 4) is 17.1 Å². The van der Waals surface area contributed by atoms with E-state index in [1.165, 1.54) is 0 Å². The minimum Gasteiger partial charge on any atom is -0.473 e. The van der Waals surface area contributed by atoms with E-state index in [0.717, 1.165) is 68.6 Å². The first-order chi connectivity index (χ1) is 17.5. The molecule has 0 radical (unpaired) electrons. The van der Waals surface area contributed by atoms with Crippen LogP contribution in [0.5, 0.6) is 5.88 Å². The summed E-state index contributed by atoms with van der Waals surface area (Å²) < 4.78 is 10.4. The number of ether oxygens (including phenoxy) is 1. The normalized spacial score (nSPS) is 21.0. The minimum absolute atomic E-state index is 0.0931. The Bertz CT molecular complexity index is 1410. The Morgan fingerprint density at radius 2 is 1.97 bits per heavy atom. The zero-order valence-corrected chi connectivity index (χ0v) is 26.0. The molecule has 2 unspecified atom stereocenters. The maximum Gasteiger partial charge on any atom is 0.221 e. The van der Waals surface area contributed by atoms with Crippen molar-refractivity contribution >= 4 is 51.1 Å². The molecule has 37 heavy (non-hydrogen) atoms. The molecule has 3 aromatic rings. The Labute approximate surface area is 233 Å². The molecule has 0 aliphatic carbocycles. The predicted octanol–water partition coefficient (Wildman–Crippen LogP) is 5.05. The van der Waals surface area contributed by atoms with E-state index in [-0.39, 0.29) is 12.1 Å². The molecule has 2 bridgehead atoms. The minimum atomic E-state index is -0.0931. The number of allylic oxidation sites excluding steroid dienone is 2. The van der Waals surface area contributed by atoms with Crippen molar-refractivity contribution in [2.75, 3.05) is 20.1 Å². The highest BCUT2D eigenvalue weighted by Crippen LogP contribution is 2.38. The van der Waals surface area contributed by atoms with Gasteiger partial charge in [-0.2, -0.15) is 10.2 Å². The van der Waals surface area contributed by atoms with Crippen LogP contribution in [0, 0.1) is 13.8 Å². The molecular formula is C26H36IN8OP. The van der Waals surface area contributed by atoms with Crippen molar-refractivity contribution in [2.24, 2.45) is 17.8 Å². The highest BCUT2D eigenvalue weighted by atomic mass is 127. The highest BCUT2D eigenvalue weighted by Gasteiger charge is 2.25.